The number of nitrogens with one attached hydrogen (secondary N) is 1. The lowest BCUT2D eigenvalue weighted by atomic mass is 9.83. The average molecular weight is 362 g/mol. The van der Waals surface area contributed by atoms with Gasteiger partial charge in [0.05, 0.1) is 17.9 Å². The van der Waals surface area contributed by atoms with Crippen LogP contribution in [0.4, 0.5) is 4.39 Å². The van der Waals surface area contributed by atoms with Gasteiger partial charge in [-0.25, -0.2) is 4.39 Å². The first-order valence-electron chi connectivity index (χ1n) is 8.75. The van der Waals surface area contributed by atoms with Crippen LogP contribution in [0.25, 0.3) is 6.08 Å². The Morgan fingerprint density at radius 3 is 2.44 bits per heavy atom. The van der Waals surface area contributed by atoms with Gasteiger partial charge < -0.3 is 4.90 Å². The van der Waals surface area contributed by atoms with Crippen molar-refractivity contribution in [2.75, 3.05) is 0 Å². The van der Waals surface area contributed by atoms with Gasteiger partial charge in [0.2, 0.25) is 11.8 Å². The number of hydrogen-bond acceptors (Lipinski definition) is 4. The summed E-state index contributed by atoms with van der Waals surface area (Å²) in [4.78, 5) is 40.1. The van der Waals surface area contributed by atoms with Crippen molar-refractivity contribution in [3.63, 3.8) is 0 Å². The Kier molecular flexibility index (Phi) is 3.31. The van der Waals surface area contributed by atoms with Crippen molar-refractivity contribution in [1.82, 2.24) is 10.2 Å². The summed E-state index contributed by atoms with van der Waals surface area (Å²) < 4.78 is 13.2. The van der Waals surface area contributed by atoms with Crippen LogP contribution in [-0.4, -0.2) is 28.5 Å². The Morgan fingerprint density at radius 2 is 1.67 bits per heavy atom. The van der Waals surface area contributed by atoms with Gasteiger partial charge in [-0.2, -0.15) is 0 Å². The lowest BCUT2D eigenvalue weighted by molar-refractivity contribution is -0.127. The maximum Gasteiger partial charge on any atom is 0.233 e. The fraction of sp³-hybridized carbons (Fsp3) is 0.190. The van der Waals surface area contributed by atoms with E-state index in [4.69, 9.17) is 0 Å². The molecule has 5 rings (SSSR count). The van der Waals surface area contributed by atoms with E-state index in [9.17, 15) is 18.8 Å². The van der Waals surface area contributed by atoms with Crippen molar-refractivity contribution in [2.45, 2.75) is 12.1 Å². The average Bonchev–Trinajstić information content (AvgIpc) is 3.17. The second kappa shape index (κ2) is 5.61. The van der Waals surface area contributed by atoms with Crippen LogP contribution in [0.1, 0.15) is 27.5 Å². The molecule has 0 aromatic heterocycles. The molecule has 2 saturated heterocycles. The number of benzene rings is 2. The van der Waals surface area contributed by atoms with Gasteiger partial charge in [0.15, 0.2) is 5.78 Å². The summed E-state index contributed by atoms with van der Waals surface area (Å²) in [5, 5.41) is 2.39. The molecule has 3 heterocycles. The molecule has 2 aromatic rings. The summed E-state index contributed by atoms with van der Waals surface area (Å²) in [7, 11) is 0. The molecule has 6 heteroatoms. The van der Waals surface area contributed by atoms with Gasteiger partial charge in [-0.1, -0.05) is 24.3 Å². The van der Waals surface area contributed by atoms with E-state index in [1.807, 2.05) is 35.2 Å². The van der Waals surface area contributed by atoms with Crippen molar-refractivity contribution in [3.8, 4) is 0 Å². The zero-order valence-electron chi connectivity index (χ0n) is 14.1. The van der Waals surface area contributed by atoms with E-state index in [0.717, 1.165) is 11.1 Å². The number of halogens is 1. The molecular formula is C21H15FN2O3. The standard InChI is InChI=1S/C21H15FN2O3/c22-13-7-5-12(6-8-13)19(25)18-16-15(20(26)23-21(16)27)17-14-4-2-1-3-11(14)9-10-24(17)18/h1-10,15-18H,(H,23,26,27)/t15-,16+,17+,18-/m0/s1. The highest BCUT2D eigenvalue weighted by Crippen LogP contribution is 2.51. The van der Waals surface area contributed by atoms with E-state index in [1.54, 1.807) is 6.20 Å². The van der Waals surface area contributed by atoms with Gasteiger partial charge in [0.1, 0.15) is 11.9 Å². The minimum Gasteiger partial charge on any atom is -0.358 e. The quantitative estimate of drug-likeness (QED) is 0.658. The van der Waals surface area contributed by atoms with Crippen LogP contribution < -0.4 is 5.32 Å². The third kappa shape index (κ3) is 2.19. The third-order valence-corrected chi connectivity index (χ3v) is 5.70. The number of nitrogens with zero attached hydrogens (tertiary/aromatic N) is 1. The second-order valence-electron chi connectivity index (χ2n) is 7.06. The van der Waals surface area contributed by atoms with Crippen LogP contribution in [0, 0.1) is 17.7 Å². The monoisotopic (exact) mass is 362 g/mol. The molecule has 2 amide bonds. The Labute approximate surface area is 154 Å². The molecule has 0 unspecified atom stereocenters. The number of carbonyl (C=O) groups is 3. The number of amides is 2. The van der Waals surface area contributed by atoms with Crippen molar-refractivity contribution >= 4 is 23.7 Å². The summed E-state index contributed by atoms with van der Waals surface area (Å²) in [6.07, 6.45) is 3.68. The number of hydrogen-bond donors (Lipinski definition) is 1. The summed E-state index contributed by atoms with van der Waals surface area (Å²) in [5.41, 5.74) is 2.22. The first kappa shape index (κ1) is 15.9. The van der Waals surface area contributed by atoms with Crippen molar-refractivity contribution in [2.24, 2.45) is 11.8 Å². The van der Waals surface area contributed by atoms with Crippen LogP contribution in [-0.2, 0) is 9.59 Å². The molecule has 3 aliphatic heterocycles. The smallest absolute Gasteiger partial charge is 0.233 e. The number of ketones is 1. The molecule has 3 aliphatic rings. The molecule has 0 aliphatic carbocycles. The Morgan fingerprint density at radius 1 is 0.963 bits per heavy atom. The zero-order valence-corrected chi connectivity index (χ0v) is 14.1. The second-order valence-corrected chi connectivity index (χ2v) is 7.06. The molecule has 0 radical (unpaired) electrons. The Bertz CT molecular complexity index is 1010. The van der Waals surface area contributed by atoms with Crippen molar-refractivity contribution in [1.29, 1.82) is 0 Å². The van der Waals surface area contributed by atoms with Crippen LogP contribution in [0.3, 0.4) is 0 Å². The predicted octanol–water partition coefficient (Wildman–Crippen LogP) is 2.31. The van der Waals surface area contributed by atoms with Gasteiger partial charge in [-0.05, 0) is 41.5 Å². The minimum absolute atomic E-state index is 0.290. The first-order valence-corrected chi connectivity index (χ1v) is 8.75. The Hall–Kier alpha value is -3.28. The third-order valence-electron chi connectivity index (χ3n) is 5.70. The van der Waals surface area contributed by atoms with Crippen molar-refractivity contribution < 1.29 is 18.8 Å². The normalized spacial score (nSPS) is 27.8. The summed E-state index contributed by atoms with van der Waals surface area (Å²) >= 11 is 0. The van der Waals surface area contributed by atoms with E-state index in [2.05, 4.69) is 5.32 Å². The fourth-order valence-electron chi connectivity index (χ4n) is 4.56. The topological polar surface area (TPSA) is 66.5 Å². The van der Waals surface area contributed by atoms with E-state index in [-0.39, 0.29) is 17.7 Å². The van der Waals surface area contributed by atoms with Crippen LogP contribution in [0.15, 0.2) is 54.7 Å². The molecule has 5 nitrogen and oxygen atoms in total. The van der Waals surface area contributed by atoms with Gasteiger partial charge in [-0.3, -0.25) is 19.7 Å². The largest absolute Gasteiger partial charge is 0.358 e. The van der Waals surface area contributed by atoms with Gasteiger partial charge in [-0.15, -0.1) is 0 Å². The molecule has 0 saturated carbocycles. The van der Waals surface area contributed by atoms with Gasteiger partial charge >= 0.3 is 0 Å². The SMILES string of the molecule is O=C1NC(=O)[C@H]2[C@@H]1[C@@H](C(=O)c1ccc(F)cc1)N1C=Cc3ccccc3[C@H]21. The molecule has 1 N–H and O–H groups in total. The molecule has 2 aromatic carbocycles. The highest BCUT2D eigenvalue weighted by Gasteiger charge is 2.61. The number of carbonyl (C=O) groups excluding carboxylic acids is 3. The van der Waals surface area contributed by atoms with E-state index < -0.39 is 29.6 Å². The van der Waals surface area contributed by atoms with E-state index in [0.29, 0.717) is 5.56 Å². The molecule has 4 atom stereocenters. The fourth-order valence-corrected chi connectivity index (χ4v) is 4.56. The summed E-state index contributed by atoms with van der Waals surface area (Å²) in [6, 6.07) is 11.7. The van der Waals surface area contributed by atoms with E-state index in [1.165, 1.54) is 24.3 Å². The lowest BCUT2D eigenvalue weighted by Gasteiger charge is -2.34. The van der Waals surface area contributed by atoms with Crippen molar-refractivity contribution in [3.05, 3.63) is 77.2 Å². The van der Waals surface area contributed by atoms with Crippen LogP contribution in [0.2, 0.25) is 0 Å². The van der Waals surface area contributed by atoms with E-state index >= 15 is 0 Å². The molecule has 0 bridgehead atoms. The highest BCUT2D eigenvalue weighted by atomic mass is 19.1. The number of imide groups is 1. The minimum atomic E-state index is -0.804. The number of Topliss-reactive ketones (excluding diaryl/α,β-unsaturated/α-hetero) is 1. The summed E-state index contributed by atoms with van der Waals surface area (Å²) in [5.74, 6) is -2.89. The molecule has 27 heavy (non-hydrogen) atoms. The highest BCUT2D eigenvalue weighted by molar-refractivity contribution is 6.12. The van der Waals surface area contributed by atoms with Gasteiger partial charge in [0, 0.05) is 11.8 Å². The molecular weight excluding hydrogens is 347 g/mol. The van der Waals surface area contributed by atoms with Crippen LogP contribution >= 0.6 is 0 Å². The first-order chi connectivity index (χ1) is 13.1. The predicted molar refractivity (Wildman–Crippen MR) is 94.7 cm³/mol. The van der Waals surface area contributed by atoms with Crippen LogP contribution in [0.5, 0.6) is 0 Å². The number of fused-ring (bicyclic) bond motifs is 5. The molecule has 134 valence electrons. The summed E-state index contributed by atoms with van der Waals surface area (Å²) in [6.45, 7) is 0. The lowest BCUT2D eigenvalue weighted by Crippen LogP contribution is -2.42. The molecule has 2 fully saturated rings. The van der Waals surface area contributed by atoms with Gasteiger partial charge in [0.25, 0.3) is 0 Å². The zero-order chi connectivity index (χ0) is 18.7. The Balaban J connectivity index is 1.64. The maximum absolute atomic E-state index is 13.2. The maximum atomic E-state index is 13.2. The molecule has 0 spiro atoms. The number of rotatable bonds is 2.